The Kier molecular flexibility index (Phi) is 5.39. The van der Waals surface area contributed by atoms with E-state index >= 15 is 0 Å². The van der Waals surface area contributed by atoms with Crippen LogP contribution in [0.15, 0.2) is 36.7 Å². The molecule has 1 aromatic carbocycles. The molecule has 35 heavy (non-hydrogen) atoms. The van der Waals surface area contributed by atoms with Crippen LogP contribution in [0.1, 0.15) is 29.7 Å². The molecular weight excluding hydrogens is 477 g/mol. The molecule has 1 aliphatic carbocycles. The number of anilines is 2. The van der Waals surface area contributed by atoms with Crippen LogP contribution in [0.5, 0.6) is 0 Å². The van der Waals surface area contributed by atoms with Crippen molar-refractivity contribution in [2.75, 3.05) is 36.0 Å². The lowest BCUT2D eigenvalue weighted by atomic mass is 9.60. The fourth-order valence-corrected chi connectivity index (χ4v) is 6.98. The molecule has 1 amide bonds. The summed E-state index contributed by atoms with van der Waals surface area (Å²) in [7, 11) is 0. The summed E-state index contributed by atoms with van der Waals surface area (Å²) in [6, 6.07) is 9.78. The van der Waals surface area contributed by atoms with Gasteiger partial charge in [0.2, 0.25) is 0 Å². The number of benzene rings is 1. The van der Waals surface area contributed by atoms with Gasteiger partial charge in [0.15, 0.2) is 0 Å². The Bertz CT molecular complexity index is 1250. The molecule has 1 spiro atoms. The van der Waals surface area contributed by atoms with E-state index in [4.69, 9.17) is 4.74 Å². The van der Waals surface area contributed by atoms with E-state index in [1.165, 1.54) is 11.9 Å². The number of cyclic esters (lactones) is 1. The van der Waals surface area contributed by atoms with Crippen molar-refractivity contribution in [1.29, 1.82) is 0 Å². The van der Waals surface area contributed by atoms with E-state index in [2.05, 4.69) is 27.0 Å². The van der Waals surface area contributed by atoms with Crippen molar-refractivity contribution in [3.05, 3.63) is 47.1 Å². The third-order valence-corrected chi connectivity index (χ3v) is 8.49. The molecule has 6 rings (SSSR count). The highest BCUT2D eigenvalue weighted by Crippen LogP contribution is 2.53. The Balaban J connectivity index is 1.08. The summed E-state index contributed by atoms with van der Waals surface area (Å²) >= 11 is 1.10. The summed E-state index contributed by atoms with van der Waals surface area (Å²) in [6.45, 7) is 2.77. The van der Waals surface area contributed by atoms with Gasteiger partial charge in [0.25, 0.3) is 0 Å². The van der Waals surface area contributed by atoms with E-state index in [1.54, 1.807) is 11.0 Å². The van der Waals surface area contributed by atoms with Crippen LogP contribution in [0, 0.1) is 11.3 Å². The number of ether oxygens (including phenoxy) is 1. The summed E-state index contributed by atoms with van der Waals surface area (Å²) in [6.07, 6.45) is 0.382. The van der Waals surface area contributed by atoms with Gasteiger partial charge in [-0.25, -0.2) is 14.8 Å². The largest absolute Gasteiger partial charge is 0.447 e. The van der Waals surface area contributed by atoms with Crippen LogP contribution in [0.3, 0.4) is 0 Å². The number of amides is 1. The fourth-order valence-electron chi connectivity index (χ4n) is 5.96. The van der Waals surface area contributed by atoms with Gasteiger partial charge in [-0.15, -0.1) is 11.3 Å². The summed E-state index contributed by atoms with van der Waals surface area (Å²) in [5, 5.41) is 0.728. The number of rotatable bonds is 5. The van der Waals surface area contributed by atoms with E-state index in [-0.39, 0.29) is 16.4 Å². The Hall–Kier alpha value is -2.88. The van der Waals surface area contributed by atoms with Crippen LogP contribution >= 0.6 is 11.3 Å². The number of halogens is 3. The van der Waals surface area contributed by atoms with Crippen LogP contribution in [-0.4, -0.2) is 48.5 Å². The van der Waals surface area contributed by atoms with Crippen LogP contribution in [0.4, 0.5) is 29.5 Å². The third kappa shape index (κ3) is 4.44. The number of aromatic nitrogens is 2. The highest BCUT2D eigenvalue weighted by atomic mass is 32.1. The second kappa shape index (κ2) is 8.36. The zero-order chi connectivity index (χ0) is 24.2. The average Bonchev–Trinajstić information content (AvgIpc) is 3.50. The average molecular weight is 503 g/mol. The quantitative estimate of drug-likeness (QED) is 0.455. The lowest BCUT2D eigenvalue weighted by Crippen LogP contribution is -2.40. The minimum absolute atomic E-state index is 0.256. The van der Waals surface area contributed by atoms with Crippen molar-refractivity contribution >= 4 is 39.2 Å². The maximum absolute atomic E-state index is 12.9. The molecule has 0 N–H and O–H groups in total. The van der Waals surface area contributed by atoms with Crippen LogP contribution in [-0.2, 0) is 17.6 Å². The first kappa shape index (κ1) is 22.6. The van der Waals surface area contributed by atoms with Crippen molar-refractivity contribution < 1.29 is 22.7 Å². The molecule has 10 heteroatoms. The molecule has 0 bridgehead atoms. The molecule has 3 aromatic rings. The first-order chi connectivity index (χ1) is 16.8. The van der Waals surface area contributed by atoms with E-state index in [9.17, 15) is 18.0 Å². The lowest BCUT2D eigenvalue weighted by molar-refractivity contribution is -0.126. The summed E-state index contributed by atoms with van der Waals surface area (Å²) < 4.78 is 43.6. The maximum Gasteiger partial charge on any atom is 0.414 e. The SMILES string of the molecule is O=C1OCCN1c1ccc(CC2CC3(CCN(c4ncnc5sc(CC(F)(F)F)cc45)C3)C2)cc1. The first-order valence-corrected chi connectivity index (χ1v) is 12.7. The van der Waals surface area contributed by atoms with Gasteiger partial charge in [-0.3, -0.25) is 4.90 Å². The second-order valence-electron chi connectivity index (χ2n) is 10.0. The molecule has 0 atom stereocenters. The van der Waals surface area contributed by atoms with E-state index < -0.39 is 12.6 Å². The molecule has 1 saturated carbocycles. The number of hydrogen-bond donors (Lipinski definition) is 0. The number of fused-ring (bicyclic) bond motifs is 1. The summed E-state index contributed by atoms with van der Waals surface area (Å²) in [4.78, 5) is 25.2. The van der Waals surface area contributed by atoms with Crippen molar-refractivity contribution in [2.45, 2.75) is 38.3 Å². The monoisotopic (exact) mass is 502 g/mol. The highest BCUT2D eigenvalue weighted by Gasteiger charge is 2.48. The van der Waals surface area contributed by atoms with Crippen LogP contribution < -0.4 is 9.80 Å². The van der Waals surface area contributed by atoms with E-state index in [0.29, 0.717) is 23.9 Å². The van der Waals surface area contributed by atoms with Crippen LogP contribution in [0.2, 0.25) is 0 Å². The molecule has 2 aromatic heterocycles. The molecule has 2 aliphatic heterocycles. The molecule has 6 nitrogen and oxygen atoms in total. The molecule has 0 radical (unpaired) electrons. The molecule has 0 unspecified atom stereocenters. The Morgan fingerprint density at radius 2 is 1.94 bits per heavy atom. The zero-order valence-corrected chi connectivity index (χ0v) is 19.9. The predicted molar refractivity (Wildman–Crippen MR) is 128 cm³/mol. The lowest BCUT2D eigenvalue weighted by Gasteiger charge is -2.45. The van der Waals surface area contributed by atoms with Gasteiger partial charge < -0.3 is 9.64 Å². The number of hydrogen-bond acceptors (Lipinski definition) is 6. The Labute approximate surface area is 204 Å². The molecule has 2 saturated heterocycles. The van der Waals surface area contributed by atoms with Crippen molar-refractivity contribution in [3.8, 4) is 0 Å². The molecule has 4 heterocycles. The van der Waals surface area contributed by atoms with Gasteiger partial charge in [0, 0.05) is 23.7 Å². The second-order valence-corrected chi connectivity index (χ2v) is 11.1. The van der Waals surface area contributed by atoms with Crippen molar-refractivity contribution in [3.63, 3.8) is 0 Å². The van der Waals surface area contributed by atoms with Gasteiger partial charge in [0.05, 0.1) is 18.4 Å². The van der Waals surface area contributed by atoms with Crippen molar-refractivity contribution in [2.24, 2.45) is 11.3 Å². The van der Waals surface area contributed by atoms with Gasteiger partial charge >= 0.3 is 12.3 Å². The van der Waals surface area contributed by atoms with Crippen LogP contribution in [0.25, 0.3) is 10.2 Å². The molecule has 3 fully saturated rings. The van der Waals surface area contributed by atoms with E-state index in [0.717, 1.165) is 67.0 Å². The number of thiophene rings is 1. The zero-order valence-electron chi connectivity index (χ0n) is 19.1. The minimum Gasteiger partial charge on any atom is -0.447 e. The first-order valence-electron chi connectivity index (χ1n) is 11.9. The Morgan fingerprint density at radius 3 is 2.66 bits per heavy atom. The highest BCUT2D eigenvalue weighted by molar-refractivity contribution is 7.18. The summed E-state index contributed by atoms with van der Waals surface area (Å²) in [5.74, 6) is 1.37. The summed E-state index contributed by atoms with van der Waals surface area (Å²) in [5.41, 5.74) is 2.39. The standard InChI is InChI=1S/C25H25F3N4O2S/c26-25(27,28)13-19-10-20-21(29-15-30-22(20)35-19)31-6-5-24(14-31)11-17(12-24)9-16-1-3-18(4-2-16)32-7-8-34-23(32)33/h1-4,10,15,17H,5-9,11-14H2. The molecule has 3 aliphatic rings. The van der Waals surface area contributed by atoms with Gasteiger partial charge in [0.1, 0.15) is 23.6 Å². The smallest absolute Gasteiger partial charge is 0.414 e. The number of carbonyl (C=O) groups is 1. The fraction of sp³-hybridized carbons (Fsp3) is 0.480. The topological polar surface area (TPSA) is 58.6 Å². The number of carbonyl (C=O) groups excluding carboxylic acids is 1. The number of nitrogens with zero attached hydrogens (tertiary/aromatic N) is 4. The van der Waals surface area contributed by atoms with Gasteiger partial charge in [-0.2, -0.15) is 13.2 Å². The van der Waals surface area contributed by atoms with E-state index in [1.807, 2.05) is 12.1 Å². The normalized spacial score (nSPS) is 24.4. The predicted octanol–water partition coefficient (Wildman–Crippen LogP) is 5.60. The number of alkyl halides is 3. The molecular formula is C25H25F3N4O2S. The Morgan fingerprint density at radius 1 is 1.14 bits per heavy atom. The van der Waals surface area contributed by atoms with Gasteiger partial charge in [-0.1, -0.05) is 12.1 Å². The van der Waals surface area contributed by atoms with Gasteiger partial charge in [-0.05, 0) is 60.8 Å². The third-order valence-electron chi connectivity index (χ3n) is 7.45. The maximum atomic E-state index is 12.9. The minimum atomic E-state index is -4.23. The molecule has 184 valence electrons. The van der Waals surface area contributed by atoms with Crippen molar-refractivity contribution in [1.82, 2.24) is 9.97 Å².